The highest BCUT2D eigenvalue weighted by molar-refractivity contribution is 8.16. The van der Waals surface area contributed by atoms with Gasteiger partial charge in [0.15, 0.2) is 0 Å². The average Bonchev–Trinajstić information content (AvgIpc) is 3.42. The number of nitrogens with one attached hydrogen (secondary N) is 4. The van der Waals surface area contributed by atoms with Crippen LogP contribution in [0.15, 0.2) is 60.9 Å². The van der Waals surface area contributed by atoms with E-state index in [-0.39, 0.29) is 11.4 Å². The molecular formula is C51H68N12O14S2. The van der Waals surface area contributed by atoms with Crippen LogP contribution in [-0.4, -0.2) is 225 Å². The van der Waals surface area contributed by atoms with Gasteiger partial charge in [0, 0.05) is 33.9 Å². The fraction of sp³-hybridized carbons (Fsp3) is 0.490. The second-order valence-electron chi connectivity index (χ2n) is 19.1. The molecule has 0 saturated heterocycles. The first kappa shape index (κ1) is 64.0. The normalized spacial score (nSPS) is 14.8. The van der Waals surface area contributed by atoms with Crippen LogP contribution in [-0.2, 0) is 38.4 Å². The lowest BCUT2D eigenvalue weighted by Gasteiger charge is -2.39. The number of fused-ring (bicyclic) bond motifs is 2. The number of rotatable bonds is 27. The van der Waals surface area contributed by atoms with Crippen LogP contribution in [0.3, 0.4) is 0 Å². The second-order valence-corrected chi connectivity index (χ2v) is 21.6. The molecule has 0 bridgehead atoms. The summed E-state index contributed by atoms with van der Waals surface area (Å²) in [5, 5.41) is 50.4. The number of hydrogen-bond donors (Lipinski definition) is 8. The molecule has 4 rings (SSSR count). The van der Waals surface area contributed by atoms with Crippen molar-refractivity contribution in [1.29, 1.82) is 0 Å². The van der Waals surface area contributed by atoms with Crippen molar-refractivity contribution < 1.29 is 68.4 Å². The first-order valence-electron chi connectivity index (χ1n) is 24.7. The van der Waals surface area contributed by atoms with E-state index in [0.29, 0.717) is 22.1 Å². The molecule has 9 atom stereocenters. The number of aromatic nitrogens is 4. The number of benzene rings is 2. The van der Waals surface area contributed by atoms with E-state index < -0.39 is 143 Å². The van der Waals surface area contributed by atoms with E-state index in [0.717, 1.165) is 43.1 Å². The number of carbonyl (C=O) groups excluding carboxylic acids is 8. The Labute approximate surface area is 464 Å². The van der Waals surface area contributed by atoms with Gasteiger partial charge in [0.25, 0.3) is 11.8 Å². The fourth-order valence-electron chi connectivity index (χ4n) is 8.44. The molecule has 2 heterocycles. The molecule has 0 saturated carbocycles. The number of carbonyl (C=O) groups is 10. The summed E-state index contributed by atoms with van der Waals surface area (Å²) in [7, 11) is 4.92. The summed E-state index contributed by atoms with van der Waals surface area (Å²) in [4.78, 5) is 157. The maximum Gasteiger partial charge on any atom is 0.326 e. The van der Waals surface area contributed by atoms with E-state index >= 15 is 0 Å². The van der Waals surface area contributed by atoms with Crippen LogP contribution in [0.4, 0.5) is 0 Å². The zero-order valence-electron chi connectivity index (χ0n) is 45.5. The Kier molecular flexibility index (Phi) is 23.4. The summed E-state index contributed by atoms with van der Waals surface area (Å²) >= 11 is 1.89. The predicted molar refractivity (Wildman–Crippen MR) is 292 cm³/mol. The van der Waals surface area contributed by atoms with Crippen LogP contribution in [0, 0.1) is 11.8 Å². The van der Waals surface area contributed by atoms with Gasteiger partial charge >= 0.3 is 11.9 Å². The van der Waals surface area contributed by atoms with Gasteiger partial charge in [-0.3, -0.25) is 48.3 Å². The number of para-hydroxylation sites is 4. The van der Waals surface area contributed by atoms with E-state index in [4.69, 9.17) is 0 Å². The zero-order chi connectivity index (χ0) is 59.2. The van der Waals surface area contributed by atoms with Crippen molar-refractivity contribution in [2.24, 2.45) is 11.8 Å². The van der Waals surface area contributed by atoms with E-state index in [1.165, 1.54) is 54.4 Å². The fourth-order valence-corrected chi connectivity index (χ4v) is 11.0. The van der Waals surface area contributed by atoms with Gasteiger partial charge in [-0.05, 0) is 56.2 Å². The van der Waals surface area contributed by atoms with E-state index in [1.54, 1.807) is 82.5 Å². The molecule has 0 aliphatic carbocycles. The van der Waals surface area contributed by atoms with Crippen LogP contribution in [0.25, 0.3) is 22.1 Å². The summed E-state index contributed by atoms with van der Waals surface area (Å²) in [6.07, 6.45) is 3.93. The molecule has 4 aromatic rings. The third kappa shape index (κ3) is 16.0. The number of aliphatic hydroxyl groups is 2. The Hall–Kier alpha value is -7.56. The van der Waals surface area contributed by atoms with Crippen LogP contribution >= 0.6 is 23.5 Å². The minimum atomic E-state index is -1.60. The number of likely N-dealkylation sites (N-methyl/N-ethyl adjacent to an activating group) is 4. The molecule has 428 valence electrons. The molecule has 0 aliphatic rings. The smallest absolute Gasteiger partial charge is 0.326 e. The minimum Gasteiger partial charge on any atom is -0.480 e. The molecule has 8 amide bonds. The van der Waals surface area contributed by atoms with E-state index in [1.807, 2.05) is 0 Å². The van der Waals surface area contributed by atoms with Crippen molar-refractivity contribution in [2.45, 2.75) is 94.5 Å². The number of thioether (sulfide) groups is 2. The predicted octanol–water partition coefficient (Wildman–Crippen LogP) is -0.324. The Bertz CT molecular complexity index is 2900. The van der Waals surface area contributed by atoms with Crippen LogP contribution in [0.5, 0.6) is 0 Å². The minimum absolute atomic E-state index is 0.168. The van der Waals surface area contributed by atoms with Crippen molar-refractivity contribution in [3.8, 4) is 0 Å². The summed E-state index contributed by atoms with van der Waals surface area (Å²) < 4.78 is -1.11. The van der Waals surface area contributed by atoms with Gasteiger partial charge < -0.3 is 61.3 Å². The SMILES string of the molecule is CS[C@H](SC[C@H](C(=O)N(C)[C@H](C(=O)O)C(C)C)N(C)C(=O)[C@H](C)NC(=O)[C@@H](CO)NC(=O)c1cnc2ccccc2n1)[C@@H](C(=O)N(C)[C@H](C(=O)O)C(C)C)N(C)C(=O)[C@H](C)NC(=O)[C@@H](CO)NC(=O)c1cnc2ccccc2n1. The Morgan fingerprint density at radius 3 is 1.25 bits per heavy atom. The van der Waals surface area contributed by atoms with Crippen molar-refractivity contribution in [2.75, 3.05) is 53.4 Å². The zero-order valence-corrected chi connectivity index (χ0v) is 47.1. The van der Waals surface area contributed by atoms with E-state index in [9.17, 15) is 68.4 Å². The second kappa shape index (κ2) is 28.9. The summed E-state index contributed by atoms with van der Waals surface area (Å²) in [5.41, 5.74) is 1.44. The van der Waals surface area contributed by atoms with Crippen molar-refractivity contribution >= 4 is 105 Å². The average molecular weight is 1140 g/mol. The molecular weight excluding hydrogens is 1070 g/mol. The van der Waals surface area contributed by atoms with Gasteiger partial charge in [-0.1, -0.05) is 52.0 Å². The number of nitrogens with zero attached hydrogens (tertiary/aromatic N) is 8. The summed E-state index contributed by atoms with van der Waals surface area (Å²) in [6, 6.07) is 1.36. The molecule has 2 aromatic carbocycles. The molecule has 0 radical (unpaired) electrons. The van der Waals surface area contributed by atoms with Gasteiger partial charge in [0.2, 0.25) is 35.4 Å². The van der Waals surface area contributed by atoms with Gasteiger partial charge in [-0.2, -0.15) is 0 Å². The number of aliphatic hydroxyl groups excluding tert-OH is 2. The molecule has 0 spiro atoms. The highest BCUT2D eigenvalue weighted by atomic mass is 32.2. The molecule has 26 nitrogen and oxygen atoms in total. The first-order chi connectivity index (χ1) is 37.2. The number of carboxylic acid groups (broad SMARTS) is 2. The third-order valence-corrected chi connectivity index (χ3v) is 15.6. The number of amides is 8. The molecule has 2 aromatic heterocycles. The lowest BCUT2D eigenvalue weighted by Crippen LogP contribution is -2.61. The Balaban J connectivity index is 1.63. The van der Waals surface area contributed by atoms with Gasteiger partial charge in [-0.15, -0.1) is 23.5 Å². The molecule has 0 fully saturated rings. The van der Waals surface area contributed by atoms with Crippen LogP contribution in [0.1, 0.15) is 62.5 Å². The quantitative estimate of drug-likeness (QED) is 0.0355. The lowest BCUT2D eigenvalue weighted by atomic mass is 10.0. The molecule has 0 unspecified atom stereocenters. The Morgan fingerprint density at radius 1 is 0.519 bits per heavy atom. The monoisotopic (exact) mass is 1140 g/mol. The summed E-state index contributed by atoms with van der Waals surface area (Å²) in [6.45, 7) is 6.99. The number of hydrogen-bond acceptors (Lipinski definition) is 18. The Morgan fingerprint density at radius 2 is 0.886 bits per heavy atom. The van der Waals surface area contributed by atoms with E-state index in [2.05, 4.69) is 41.2 Å². The highest BCUT2D eigenvalue weighted by Crippen LogP contribution is 2.32. The maximum absolute atomic E-state index is 14.8. The standard InChI is InChI=1S/C51H68N12O14S2/c1-25(2)38(49(74)75)61(8)47(72)37(60(7)45(70)27(5)54-43(68)35(22-64)58-41(66)33-20-52-29-16-12-14-18-31(29)56-33)24-79-51(78-11)40(48(73)62(9)39(26(3)4)50(76)77)63(10)46(71)28(6)55-44(69)36(23-65)59-42(67)34-21-53-30-17-13-15-19-32(30)57-34/h12-21,25-28,35-40,51,64-65H,22-24H2,1-11H3,(H,54,68)(H,55,69)(H,58,66)(H,59,67)(H,74,75)(H,76,77)/t27-,28-,35+,36+,37+,38-,39-,40+,51+/m0/s1. The summed E-state index contributed by atoms with van der Waals surface area (Å²) in [5.74, 6) is -11.7. The topological polar surface area (TPSA) is 364 Å². The maximum atomic E-state index is 14.8. The molecule has 8 N–H and O–H groups in total. The molecule has 0 aliphatic heterocycles. The lowest BCUT2D eigenvalue weighted by molar-refractivity contribution is -0.154. The van der Waals surface area contributed by atoms with Crippen LogP contribution in [0.2, 0.25) is 0 Å². The van der Waals surface area contributed by atoms with Gasteiger partial charge in [-0.25, -0.2) is 19.6 Å². The van der Waals surface area contributed by atoms with Crippen LogP contribution < -0.4 is 21.3 Å². The largest absolute Gasteiger partial charge is 0.480 e. The van der Waals surface area contributed by atoms with Crippen molar-refractivity contribution in [1.82, 2.24) is 60.8 Å². The first-order valence-corrected chi connectivity index (χ1v) is 27.1. The molecule has 28 heteroatoms. The third-order valence-electron chi connectivity index (χ3n) is 12.8. The molecule has 79 heavy (non-hydrogen) atoms. The van der Waals surface area contributed by atoms with Gasteiger partial charge in [0.1, 0.15) is 59.7 Å². The highest BCUT2D eigenvalue weighted by Gasteiger charge is 2.44. The van der Waals surface area contributed by atoms with Crippen molar-refractivity contribution in [3.05, 3.63) is 72.3 Å². The van der Waals surface area contributed by atoms with Gasteiger partial charge in [0.05, 0.1) is 52.3 Å². The number of aliphatic carboxylic acids is 2. The van der Waals surface area contributed by atoms with Crippen molar-refractivity contribution in [3.63, 3.8) is 0 Å². The number of carboxylic acids is 2.